The summed E-state index contributed by atoms with van der Waals surface area (Å²) < 4.78 is 0. The van der Waals surface area contributed by atoms with Gasteiger partial charge in [0.2, 0.25) is 0 Å². The van der Waals surface area contributed by atoms with Crippen LogP contribution in [0.4, 0.5) is 5.69 Å². The lowest BCUT2D eigenvalue weighted by Gasteiger charge is -2.27. The van der Waals surface area contributed by atoms with Crippen molar-refractivity contribution in [2.75, 3.05) is 6.54 Å². The zero-order chi connectivity index (χ0) is 17.9. The molecule has 1 unspecified atom stereocenters. The van der Waals surface area contributed by atoms with Crippen LogP contribution in [-0.4, -0.2) is 22.5 Å². The summed E-state index contributed by atoms with van der Waals surface area (Å²) in [6, 6.07) is 10.8. The summed E-state index contributed by atoms with van der Waals surface area (Å²) in [4.78, 5) is 23.2. The van der Waals surface area contributed by atoms with Crippen LogP contribution in [-0.2, 0) is 5.60 Å². The van der Waals surface area contributed by atoms with Crippen molar-refractivity contribution in [2.45, 2.75) is 5.60 Å². The number of hydrogen-bond acceptors (Lipinski definition) is 6. The predicted molar refractivity (Wildman–Crippen MR) is 97.1 cm³/mol. The summed E-state index contributed by atoms with van der Waals surface area (Å²) in [5.74, 6) is -0.403. The van der Waals surface area contributed by atoms with Gasteiger partial charge in [-0.3, -0.25) is 14.9 Å². The Bertz CT molecular complexity index is 824. The van der Waals surface area contributed by atoms with Crippen LogP contribution >= 0.6 is 22.7 Å². The molecular weight excluding hydrogens is 360 g/mol. The van der Waals surface area contributed by atoms with E-state index in [1.165, 1.54) is 46.9 Å². The summed E-state index contributed by atoms with van der Waals surface area (Å²) in [6.07, 6.45) is 0. The SMILES string of the molecule is O=C(NCC(O)(c1ccsc1)c1cccs1)c1ccc([N+](=O)[O-])cc1. The molecule has 2 aromatic heterocycles. The van der Waals surface area contributed by atoms with Crippen LogP contribution in [0.3, 0.4) is 0 Å². The molecule has 0 radical (unpaired) electrons. The molecule has 1 amide bonds. The second kappa shape index (κ2) is 7.14. The number of non-ortho nitro benzene ring substituents is 1. The number of aliphatic hydroxyl groups is 1. The molecule has 6 nitrogen and oxygen atoms in total. The molecule has 2 heterocycles. The van der Waals surface area contributed by atoms with Gasteiger partial charge in [-0.2, -0.15) is 11.3 Å². The molecule has 0 saturated heterocycles. The normalized spacial score (nSPS) is 13.2. The van der Waals surface area contributed by atoms with E-state index in [0.717, 1.165) is 4.88 Å². The maximum absolute atomic E-state index is 12.3. The van der Waals surface area contributed by atoms with Crippen molar-refractivity contribution < 1.29 is 14.8 Å². The highest BCUT2D eigenvalue weighted by Crippen LogP contribution is 2.33. The van der Waals surface area contributed by atoms with Gasteiger partial charge in [-0.05, 0) is 40.4 Å². The Balaban J connectivity index is 1.77. The maximum atomic E-state index is 12.3. The highest BCUT2D eigenvalue weighted by molar-refractivity contribution is 7.10. The molecule has 128 valence electrons. The van der Waals surface area contributed by atoms with Crippen molar-refractivity contribution in [1.29, 1.82) is 0 Å². The number of thiophene rings is 2. The van der Waals surface area contributed by atoms with Crippen molar-refractivity contribution in [3.8, 4) is 0 Å². The van der Waals surface area contributed by atoms with Gasteiger partial charge in [-0.15, -0.1) is 11.3 Å². The number of hydrogen-bond donors (Lipinski definition) is 2. The van der Waals surface area contributed by atoms with E-state index in [-0.39, 0.29) is 12.2 Å². The standard InChI is InChI=1S/C17H14N2O4S2/c20-16(12-3-5-14(6-4-12)19(22)23)18-11-17(21,13-7-9-24-10-13)15-2-1-8-25-15/h1-10,21H,11H2,(H,18,20). The predicted octanol–water partition coefficient (Wildman–Crippen LogP) is 3.38. The first-order valence-electron chi connectivity index (χ1n) is 7.32. The van der Waals surface area contributed by atoms with E-state index >= 15 is 0 Å². The summed E-state index contributed by atoms with van der Waals surface area (Å²) in [5, 5.41) is 30.1. The highest BCUT2D eigenvalue weighted by atomic mass is 32.1. The van der Waals surface area contributed by atoms with Gasteiger partial charge in [0.15, 0.2) is 0 Å². The Morgan fingerprint density at radius 2 is 1.96 bits per heavy atom. The average molecular weight is 374 g/mol. The molecule has 3 rings (SSSR count). The quantitative estimate of drug-likeness (QED) is 0.511. The fourth-order valence-corrected chi connectivity index (χ4v) is 3.96. The fourth-order valence-electron chi connectivity index (χ4n) is 2.39. The molecule has 0 saturated carbocycles. The zero-order valence-corrected chi connectivity index (χ0v) is 14.5. The number of nitro groups is 1. The number of amides is 1. The molecule has 3 aromatic rings. The molecule has 1 atom stereocenters. The molecule has 0 aliphatic rings. The molecule has 1 aromatic carbocycles. The first kappa shape index (κ1) is 17.3. The van der Waals surface area contributed by atoms with E-state index in [9.17, 15) is 20.0 Å². The van der Waals surface area contributed by atoms with Crippen molar-refractivity contribution in [2.24, 2.45) is 0 Å². The van der Waals surface area contributed by atoms with Crippen molar-refractivity contribution in [3.05, 3.63) is 84.7 Å². The number of nitrogens with one attached hydrogen (secondary N) is 1. The molecular formula is C17H14N2O4S2. The molecule has 0 spiro atoms. The average Bonchev–Trinajstić information content (AvgIpc) is 3.33. The van der Waals surface area contributed by atoms with E-state index in [1.807, 2.05) is 34.3 Å². The molecule has 0 aliphatic heterocycles. The Kier molecular flexibility index (Phi) is 4.93. The second-order valence-corrected chi connectivity index (χ2v) is 7.06. The first-order valence-corrected chi connectivity index (χ1v) is 9.14. The Morgan fingerprint density at radius 1 is 1.20 bits per heavy atom. The molecule has 0 fully saturated rings. The van der Waals surface area contributed by atoms with Crippen LogP contribution in [0.2, 0.25) is 0 Å². The van der Waals surface area contributed by atoms with Gasteiger partial charge >= 0.3 is 0 Å². The molecule has 25 heavy (non-hydrogen) atoms. The van der Waals surface area contributed by atoms with Crippen LogP contribution in [0.15, 0.2) is 58.6 Å². The topological polar surface area (TPSA) is 92.5 Å². The van der Waals surface area contributed by atoms with E-state index in [1.54, 1.807) is 0 Å². The maximum Gasteiger partial charge on any atom is 0.269 e. The third-order valence-corrected chi connectivity index (χ3v) is 5.48. The summed E-state index contributed by atoms with van der Waals surface area (Å²) in [5.41, 5.74) is -0.386. The lowest BCUT2D eigenvalue weighted by Crippen LogP contribution is -2.40. The summed E-state index contributed by atoms with van der Waals surface area (Å²) in [7, 11) is 0. The van der Waals surface area contributed by atoms with Crippen molar-refractivity contribution in [1.82, 2.24) is 5.32 Å². The molecule has 0 bridgehead atoms. The van der Waals surface area contributed by atoms with Crippen LogP contribution in [0.5, 0.6) is 0 Å². The monoisotopic (exact) mass is 374 g/mol. The molecule has 8 heteroatoms. The minimum atomic E-state index is -1.31. The first-order chi connectivity index (χ1) is 12.0. The van der Waals surface area contributed by atoms with Gasteiger partial charge in [0.1, 0.15) is 5.60 Å². The minimum Gasteiger partial charge on any atom is -0.378 e. The van der Waals surface area contributed by atoms with Crippen LogP contribution in [0, 0.1) is 10.1 Å². The van der Waals surface area contributed by atoms with Crippen LogP contribution < -0.4 is 5.32 Å². The van der Waals surface area contributed by atoms with Crippen molar-refractivity contribution in [3.63, 3.8) is 0 Å². The smallest absolute Gasteiger partial charge is 0.269 e. The van der Waals surface area contributed by atoms with E-state index in [4.69, 9.17) is 0 Å². The van der Waals surface area contributed by atoms with E-state index < -0.39 is 16.4 Å². The number of carbonyl (C=O) groups is 1. The van der Waals surface area contributed by atoms with Gasteiger partial charge in [-0.1, -0.05) is 6.07 Å². The second-order valence-electron chi connectivity index (χ2n) is 5.34. The Labute approximate surface area is 151 Å². The van der Waals surface area contributed by atoms with Gasteiger partial charge in [0, 0.05) is 28.1 Å². The zero-order valence-electron chi connectivity index (χ0n) is 12.9. The van der Waals surface area contributed by atoms with Crippen molar-refractivity contribution >= 4 is 34.3 Å². The third-order valence-electron chi connectivity index (χ3n) is 3.77. The van der Waals surface area contributed by atoms with Gasteiger partial charge < -0.3 is 10.4 Å². The van der Waals surface area contributed by atoms with Gasteiger partial charge in [0.25, 0.3) is 11.6 Å². The van der Waals surface area contributed by atoms with Gasteiger partial charge in [-0.25, -0.2) is 0 Å². The summed E-state index contributed by atoms with van der Waals surface area (Å²) >= 11 is 2.88. The van der Waals surface area contributed by atoms with Crippen LogP contribution in [0.1, 0.15) is 20.8 Å². The minimum absolute atomic E-state index is 0.0000670. The number of nitrogens with zero attached hydrogens (tertiary/aromatic N) is 1. The fraction of sp³-hybridized carbons (Fsp3) is 0.118. The largest absolute Gasteiger partial charge is 0.378 e. The highest BCUT2D eigenvalue weighted by Gasteiger charge is 2.33. The number of carbonyl (C=O) groups excluding carboxylic acids is 1. The van der Waals surface area contributed by atoms with Crippen LogP contribution in [0.25, 0.3) is 0 Å². The van der Waals surface area contributed by atoms with E-state index in [0.29, 0.717) is 11.1 Å². The number of benzene rings is 1. The van der Waals surface area contributed by atoms with Gasteiger partial charge in [0.05, 0.1) is 11.5 Å². The Hall–Kier alpha value is -2.55. The molecule has 2 N–H and O–H groups in total. The number of nitro benzene ring substituents is 1. The summed E-state index contributed by atoms with van der Waals surface area (Å²) in [6.45, 7) is 0.0000670. The number of rotatable bonds is 6. The Morgan fingerprint density at radius 3 is 2.52 bits per heavy atom. The van der Waals surface area contributed by atoms with E-state index in [2.05, 4.69) is 5.32 Å². The third kappa shape index (κ3) is 3.60. The lowest BCUT2D eigenvalue weighted by atomic mass is 9.94. The lowest BCUT2D eigenvalue weighted by molar-refractivity contribution is -0.384. The molecule has 0 aliphatic carbocycles.